The Bertz CT molecular complexity index is 361. The van der Waals surface area contributed by atoms with E-state index in [1.165, 1.54) is 18.9 Å². The third-order valence-corrected chi connectivity index (χ3v) is 3.68. The Morgan fingerprint density at radius 2 is 2.07 bits per heavy atom. The van der Waals surface area contributed by atoms with E-state index in [1.807, 2.05) is 0 Å². The number of allylic oxidation sites excluding steroid dienone is 1. The van der Waals surface area contributed by atoms with E-state index in [4.69, 9.17) is 0 Å². The molecule has 0 bridgehead atoms. The second kappa shape index (κ2) is 4.57. The number of esters is 1. The smallest absolute Gasteiger partial charge is 0.348 e. The summed E-state index contributed by atoms with van der Waals surface area (Å²) in [5.41, 5.74) is 0.430. The maximum absolute atomic E-state index is 11.6. The van der Waals surface area contributed by atoms with E-state index in [0.717, 1.165) is 0 Å². The van der Waals surface area contributed by atoms with Gasteiger partial charge in [0, 0.05) is 24.9 Å². The summed E-state index contributed by atoms with van der Waals surface area (Å²) >= 11 is 0. The Labute approximate surface area is 90.5 Å². The number of methoxy groups -OCH3 is 1. The molecule has 0 spiro atoms. The van der Waals surface area contributed by atoms with Crippen molar-refractivity contribution in [3.05, 3.63) is 10.6 Å². The molecule has 15 heavy (non-hydrogen) atoms. The van der Waals surface area contributed by atoms with Gasteiger partial charge in [-0.2, -0.15) is 0 Å². The van der Waals surface area contributed by atoms with Crippen molar-refractivity contribution in [3.8, 4) is 0 Å². The molecule has 1 atom stereocenters. The van der Waals surface area contributed by atoms with E-state index in [2.05, 4.69) is 4.74 Å². The first-order valence-corrected chi connectivity index (χ1v) is 5.76. The predicted octanol–water partition coefficient (Wildman–Crippen LogP) is 0.00170. The lowest BCUT2D eigenvalue weighted by molar-refractivity contribution is -0.135. The van der Waals surface area contributed by atoms with Gasteiger partial charge in [-0.15, -0.1) is 0 Å². The lowest BCUT2D eigenvalue weighted by Gasteiger charge is -2.27. The molecule has 0 aromatic heterocycles. The average molecular weight is 231 g/mol. The van der Waals surface area contributed by atoms with Crippen molar-refractivity contribution in [2.75, 3.05) is 19.4 Å². The fourth-order valence-electron chi connectivity index (χ4n) is 1.46. The quantitative estimate of drug-likeness (QED) is 0.596. The van der Waals surface area contributed by atoms with Crippen LogP contribution < -0.4 is 0 Å². The highest BCUT2D eigenvalue weighted by Crippen LogP contribution is 2.20. The molecule has 5 nitrogen and oxygen atoms in total. The third-order valence-electron chi connectivity index (χ3n) is 2.21. The van der Waals surface area contributed by atoms with Gasteiger partial charge in [0.1, 0.15) is 4.91 Å². The molecule has 0 aromatic rings. The third kappa shape index (κ3) is 2.26. The number of carbonyl (C=O) groups excluding carboxylic acids is 2. The van der Waals surface area contributed by atoms with Crippen molar-refractivity contribution < 1.29 is 18.5 Å². The number of hydrogen-bond donors (Lipinski definition) is 0. The van der Waals surface area contributed by atoms with Crippen LogP contribution in [0.4, 0.5) is 0 Å². The van der Waals surface area contributed by atoms with Crippen LogP contribution in [0.2, 0.25) is 0 Å². The second-order valence-corrected chi connectivity index (χ2v) is 4.63. The minimum Gasteiger partial charge on any atom is -0.465 e. The van der Waals surface area contributed by atoms with Gasteiger partial charge in [-0.3, -0.25) is 9.00 Å². The van der Waals surface area contributed by atoms with Crippen LogP contribution in [0.25, 0.3) is 0 Å². The molecule has 1 heterocycles. The van der Waals surface area contributed by atoms with Gasteiger partial charge in [-0.1, -0.05) is 0 Å². The molecule has 0 radical (unpaired) electrons. The number of hydrogen-bond acceptors (Lipinski definition) is 4. The number of amides is 1. The molecule has 0 saturated carbocycles. The molecular formula is C9H13NO4S. The van der Waals surface area contributed by atoms with E-state index >= 15 is 0 Å². The van der Waals surface area contributed by atoms with Gasteiger partial charge in [0.15, 0.2) is 0 Å². The Hall–Kier alpha value is -1.17. The largest absolute Gasteiger partial charge is 0.465 e. The standard InChI is InChI=1S/C9H13NO4S/c1-6-8(9(12)14-3)15(13)5-4-10(6)7(2)11/h4-5H2,1-3H3. The minimum absolute atomic E-state index is 0.0963. The van der Waals surface area contributed by atoms with Crippen molar-refractivity contribution in [1.82, 2.24) is 4.90 Å². The van der Waals surface area contributed by atoms with Gasteiger partial charge in [0.05, 0.1) is 17.9 Å². The summed E-state index contributed by atoms with van der Waals surface area (Å²) in [7, 11) is -0.135. The van der Waals surface area contributed by atoms with E-state index in [-0.39, 0.29) is 16.6 Å². The molecule has 6 heteroatoms. The first-order chi connectivity index (χ1) is 6.99. The monoisotopic (exact) mass is 231 g/mol. The van der Waals surface area contributed by atoms with Crippen LogP contribution in [0.5, 0.6) is 0 Å². The molecule has 0 fully saturated rings. The van der Waals surface area contributed by atoms with Gasteiger partial charge in [-0.05, 0) is 6.92 Å². The lowest BCUT2D eigenvalue weighted by Crippen LogP contribution is -2.38. The van der Waals surface area contributed by atoms with Gasteiger partial charge < -0.3 is 9.64 Å². The molecule has 84 valence electrons. The van der Waals surface area contributed by atoms with Crippen molar-refractivity contribution in [1.29, 1.82) is 0 Å². The predicted molar refractivity (Wildman–Crippen MR) is 55.1 cm³/mol. The number of ether oxygens (including phenoxy) is 1. The fourth-order valence-corrected chi connectivity index (χ4v) is 2.72. The van der Waals surface area contributed by atoms with E-state index in [0.29, 0.717) is 12.2 Å². The summed E-state index contributed by atoms with van der Waals surface area (Å²) in [5, 5.41) is 0. The Morgan fingerprint density at radius 1 is 1.47 bits per heavy atom. The Morgan fingerprint density at radius 3 is 2.53 bits per heavy atom. The SMILES string of the molecule is COC(=O)C1=C(C)N(C(C)=O)CCS1=O. The lowest BCUT2D eigenvalue weighted by atomic mass is 10.3. The Kier molecular flexibility index (Phi) is 3.62. The van der Waals surface area contributed by atoms with Crippen LogP contribution in [-0.4, -0.2) is 40.4 Å². The van der Waals surface area contributed by atoms with Crippen LogP contribution in [-0.2, 0) is 25.1 Å². The zero-order valence-electron chi connectivity index (χ0n) is 8.90. The minimum atomic E-state index is -1.36. The zero-order valence-corrected chi connectivity index (χ0v) is 9.72. The van der Waals surface area contributed by atoms with E-state index < -0.39 is 16.8 Å². The molecule has 1 aliphatic heterocycles. The van der Waals surface area contributed by atoms with E-state index in [1.54, 1.807) is 6.92 Å². The van der Waals surface area contributed by atoms with Crippen LogP contribution in [0.1, 0.15) is 13.8 Å². The molecule has 1 rings (SSSR count). The first kappa shape index (κ1) is 11.9. The van der Waals surface area contributed by atoms with Gasteiger partial charge >= 0.3 is 5.97 Å². The van der Waals surface area contributed by atoms with Crippen molar-refractivity contribution >= 4 is 22.7 Å². The number of nitrogens with zero attached hydrogens (tertiary/aromatic N) is 1. The zero-order chi connectivity index (χ0) is 11.6. The van der Waals surface area contributed by atoms with Crippen LogP contribution in [0, 0.1) is 0 Å². The maximum atomic E-state index is 11.6. The molecule has 1 unspecified atom stereocenters. The second-order valence-electron chi connectivity index (χ2n) is 3.13. The number of rotatable bonds is 1. The highest BCUT2D eigenvalue weighted by atomic mass is 32.2. The summed E-state index contributed by atoms with van der Waals surface area (Å²) < 4.78 is 16.1. The van der Waals surface area contributed by atoms with Gasteiger partial charge in [0.25, 0.3) is 0 Å². The molecule has 0 saturated heterocycles. The molecule has 0 aromatic carbocycles. The average Bonchev–Trinajstić information content (AvgIpc) is 2.16. The molecule has 0 N–H and O–H groups in total. The van der Waals surface area contributed by atoms with Crippen molar-refractivity contribution in [2.24, 2.45) is 0 Å². The van der Waals surface area contributed by atoms with Crippen LogP contribution in [0.15, 0.2) is 10.6 Å². The highest BCUT2D eigenvalue weighted by Gasteiger charge is 2.29. The fraction of sp³-hybridized carbons (Fsp3) is 0.556. The van der Waals surface area contributed by atoms with Crippen LogP contribution >= 0.6 is 0 Å². The molecule has 0 aliphatic carbocycles. The summed E-state index contributed by atoms with van der Waals surface area (Å²) in [4.78, 5) is 24.1. The van der Waals surface area contributed by atoms with Crippen molar-refractivity contribution in [2.45, 2.75) is 13.8 Å². The summed E-state index contributed by atoms with van der Waals surface area (Å²) in [6.07, 6.45) is 0. The van der Waals surface area contributed by atoms with E-state index in [9.17, 15) is 13.8 Å². The topological polar surface area (TPSA) is 63.7 Å². The molecule has 1 amide bonds. The molecule has 1 aliphatic rings. The van der Waals surface area contributed by atoms with Gasteiger partial charge in [0.2, 0.25) is 5.91 Å². The normalized spacial score (nSPS) is 21.5. The summed E-state index contributed by atoms with van der Waals surface area (Å²) in [6.45, 7) is 3.39. The van der Waals surface area contributed by atoms with Crippen LogP contribution in [0.3, 0.4) is 0 Å². The first-order valence-electron chi connectivity index (χ1n) is 4.44. The number of carbonyl (C=O) groups is 2. The van der Waals surface area contributed by atoms with Gasteiger partial charge in [-0.25, -0.2) is 4.79 Å². The maximum Gasteiger partial charge on any atom is 0.348 e. The summed E-state index contributed by atoms with van der Waals surface area (Å²) in [5.74, 6) is -0.510. The highest BCUT2D eigenvalue weighted by molar-refractivity contribution is 7.90. The summed E-state index contributed by atoms with van der Waals surface area (Å²) in [6, 6.07) is 0. The molecular weight excluding hydrogens is 218 g/mol. The van der Waals surface area contributed by atoms with Crippen molar-refractivity contribution in [3.63, 3.8) is 0 Å². The Balaban J connectivity index is 3.15.